The predicted octanol–water partition coefficient (Wildman–Crippen LogP) is 2.31. The number of hydrogen-bond acceptors (Lipinski definition) is 6. The molecule has 7 nitrogen and oxygen atoms in total. The van der Waals surface area contributed by atoms with Crippen LogP contribution in [0.4, 0.5) is 5.82 Å². The summed E-state index contributed by atoms with van der Waals surface area (Å²) in [5, 5.41) is 18.5. The quantitative estimate of drug-likeness (QED) is 0.729. The Hall–Kier alpha value is -2.70. The van der Waals surface area contributed by atoms with Gasteiger partial charge in [-0.1, -0.05) is 32.9 Å². The van der Waals surface area contributed by atoms with Gasteiger partial charge in [0.2, 0.25) is 0 Å². The van der Waals surface area contributed by atoms with E-state index in [2.05, 4.69) is 58.8 Å². The zero-order valence-electron chi connectivity index (χ0n) is 13.5. The summed E-state index contributed by atoms with van der Waals surface area (Å²) < 4.78 is 7.11. The summed E-state index contributed by atoms with van der Waals surface area (Å²) in [5.74, 6) is 1.57. The van der Waals surface area contributed by atoms with Crippen molar-refractivity contribution < 1.29 is 4.74 Å². The molecule has 0 spiro atoms. The Bertz CT molecular complexity index is 775. The minimum atomic E-state index is 0.153. The number of anilines is 1. The topological polar surface area (TPSA) is 77.2 Å². The summed E-state index contributed by atoms with van der Waals surface area (Å²) in [6.45, 7) is 7.77. The van der Waals surface area contributed by atoms with E-state index in [1.54, 1.807) is 6.07 Å². The first kappa shape index (κ1) is 15.2. The molecule has 2 heterocycles. The Morgan fingerprint density at radius 1 is 1.09 bits per heavy atom. The molecule has 3 aromatic rings. The Kier molecular flexibility index (Phi) is 4.10. The van der Waals surface area contributed by atoms with Crippen molar-refractivity contribution in [2.24, 2.45) is 0 Å². The first-order chi connectivity index (χ1) is 11.0. The highest BCUT2D eigenvalue weighted by Gasteiger charge is 2.12. The van der Waals surface area contributed by atoms with Gasteiger partial charge in [-0.25, -0.2) is 0 Å². The summed E-state index contributed by atoms with van der Waals surface area (Å²) in [7, 11) is 0. The summed E-state index contributed by atoms with van der Waals surface area (Å²) in [4.78, 5) is 0. The molecule has 120 valence electrons. The highest BCUT2D eigenvalue weighted by Crippen LogP contribution is 2.24. The third-order valence-corrected chi connectivity index (χ3v) is 3.47. The summed E-state index contributed by atoms with van der Waals surface area (Å²) in [6, 6.07) is 11.9. The minimum absolute atomic E-state index is 0.153. The van der Waals surface area contributed by atoms with Crippen molar-refractivity contribution in [1.82, 2.24) is 25.3 Å². The maximum absolute atomic E-state index is 5.73. The normalized spacial score (nSPS) is 11.6. The number of benzene rings is 1. The van der Waals surface area contributed by atoms with E-state index in [-0.39, 0.29) is 5.41 Å². The molecule has 3 rings (SSSR count). The number of rotatable bonds is 5. The molecule has 1 N–H and O–H groups in total. The number of ether oxygens (including phenoxy) is 1. The van der Waals surface area contributed by atoms with Crippen molar-refractivity contribution in [3.8, 4) is 5.75 Å². The molecule has 0 bridgehead atoms. The van der Waals surface area contributed by atoms with Gasteiger partial charge in [0.1, 0.15) is 18.2 Å². The maximum Gasteiger partial charge on any atom is 0.200 e. The van der Waals surface area contributed by atoms with Gasteiger partial charge in [-0.2, -0.15) is 0 Å². The Balaban J connectivity index is 1.49. The third kappa shape index (κ3) is 3.74. The van der Waals surface area contributed by atoms with Crippen LogP contribution in [0, 0.1) is 0 Å². The van der Waals surface area contributed by atoms with E-state index in [1.165, 1.54) is 10.2 Å². The number of fused-ring (bicyclic) bond motifs is 1. The lowest BCUT2D eigenvalue weighted by Crippen LogP contribution is -2.14. The summed E-state index contributed by atoms with van der Waals surface area (Å²) in [5.41, 5.74) is 2.06. The second-order valence-corrected chi connectivity index (χ2v) is 6.29. The van der Waals surface area contributed by atoms with E-state index >= 15 is 0 Å². The zero-order chi connectivity index (χ0) is 16.3. The van der Waals surface area contributed by atoms with Crippen LogP contribution >= 0.6 is 0 Å². The molecule has 0 aliphatic rings. The van der Waals surface area contributed by atoms with E-state index < -0.39 is 0 Å². The number of nitrogens with one attached hydrogen (secondary N) is 1. The van der Waals surface area contributed by atoms with Gasteiger partial charge in [-0.15, -0.1) is 14.8 Å². The van der Waals surface area contributed by atoms with E-state index in [4.69, 9.17) is 4.74 Å². The molecule has 2 aromatic heterocycles. The van der Waals surface area contributed by atoms with Crippen molar-refractivity contribution in [2.45, 2.75) is 26.2 Å². The third-order valence-electron chi connectivity index (χ3n) is 3.47. The molecule has 0 aliphatic heterocycles. The van der Waals surface area contributed by atoms with Crippen LogP contribution in [0.1, 0.15) is 26.3 Å². The van der Waals surface area contributed by atoms with Crippen molar-refractivity contribution in [3.05, 3.63) is 42.0 Å². The predicted molar refractivity (Wildman–Crippen MR) is 87.7 cm³/mol. The van der Waals surface area contributed by atoms with Gasteiger partial charge >= 0.3 is 0 Å². The Labute approximate surface area is 134 Å². The molecule has 1 aromatic carbocycles. The van der Waals surface area contributed by atoms with E-state index in [0.717, 1.165) is 5.75 Å². The molecule has 7 heteroatoms. The standard InChI is InChI=1S/C16H20N6O/c1-16(2,3)12-4-6-13(7-5-12)23-11-10-17-14-8-9-15-18-20-21-22(15)19-14/h4-9H,10-11H2,1-3H3,(H,17,19). The number of hydrogen-bond donors (Lipinski definition) is 1. The van der Waals surface area contributed by atoms with Gasteiger partial charge in [0.05, 0.1) is 6.54 Å². The summed E-state index contributed by atoms with van der Waals surface area (Å²) in [6.07, 6.45) is 0. The molecule has 23 heavy (non-hydrogen) atoms. The van der Waals surface area contributed by atoms with Crippen LogP contribution in [0.2, 0.25) is 0 Å². The number of aromatic nitrogens is 5. The van der Waals surface area contributed by atoms with Gasteiger partial charge in [0, 0.05) is 0 Å². The Morgan fingerprint density at radius 2 is 1.87 bits per heavy atom. The van der Waals surface area contributed by atoms with E-state index in [9.17, 15) is 0 Å². The lowest BCUT2D eigenvalue weighted by molar-refractivity contribution is 0.332. The van der Waals surface area contributed by atoms with Crippen LogP contribution in [-0.4, -0.2) is 38.4 Å². The van der Waals surface area contributed by atoms with Crippen LogP contribution in [0.25, 0.3) is 5.65 Å². The smallest absolute Gasteiger partial charge is 0.200 e. The second-order valence-electron chi connectivity index (χ2n) is 6.29. The maximum atomic E-state index is 5.73. The molecular weight excluding hydrogens is 292 g/mol. The van der Waals surface area contributed by atoms with Gasteiger partial charge in [0.15, 0.2) is 5.65 Å². The van der Waals surface area contributed by atoms with Crippen LogP contribution in [0.15, 0.2) is 36.4 Å². The number of nitrogens with zero attached hydrogens (tertiary/aromatic N) is 5. The van der Waals surface area contributed by atoms with Crippen LogP contribution in [0.5, 0.6) is 5.75 Å². The van der Waals surface area contributed by atoms with E-state index in [0.29, 0.717) is 24.6 Å². The first-order valence-electron chi connectivity index (χ1n) is 7.55. The highest BCUT2D eigenvalue weighted by molar-refractivity contribution is 5.42. The molecule has 0 radical (unpaired) electrons. The second kappa shape index (κ2) is 6.20. The largest absolute Gasteiger partial charge is 0.492 e. The Morgan fingerprint density at radius 3 is 2.61 bits per heavy atom. The van der Waals surface area contributed by atoms with Crippen LogP contribution in [-0.2, 0) is 5.41 Å². The monoisotopic (exact) mass is 312 g/mol. The molecule has 0 atom stereocenters. The van der Waals surface area contributed by atoms with Crippen LogP contribution in [0.3, 0.4) is 0 Å². The fourth-order valence-corrected chi connectivity index (χ4v) is 2.14. The van der Waals surface area contributed by atoms with Gasteiger partial charge in [-0.3, -0.25) is 0 Å². The molecule has 0 fully saturated rings. The average Bonchev–Trinajstić information content (AvgIpc) is 2.99. The molecule has 0 saturated heterocycles. The lowest BCUT2D eigenvalue weighted by Gasteiger charge is -2.19. The highest BCUT2D eigenvalue weighted by atomic mass is 16.5. The number of tetrazole rings is 1. The van der Waals surface area contributed by atoms with Crippen molar-refractivity contribution >= 4 is 11.5 Å². The zero-order valence-corrected chi connectivity index (χ0v) is 13.5. The van der Waals surface area contributed by atoms with Crippen LogP contribution < -0.4 is 10.1 Å². The van der Waals surface area contributed by atoms with Gasteiger partial charge in [0.25, 0.3) is 0 Å². The molecule has 0 amide bonds. The first-order valence-corrected chi connectivity index (χ1v) is 7.55. The van der Waals surface area contributed by atoms with Gasteiger partial charge in [-0.05, 0) is 45.7 Å². The summed E-state index contributed by atoms with van der Waals surface area (Å²) >= 11 is 0. The molecule has 0 saturated carbocycles. The van der Waals surface area contributed by atoms with Crippen molar-refractivity contribution in [3.63, 3.8) is 0 Å². The van der Waals surface area contributed by atoms with Gasteiger partial charge < -0.3 is 10.1 Å². The van der Waals surface area contributed by atoms with Crippen molar-refractivity contribution in [2.75, 3.05) is 18.5 Å². The molecule has 0 aliphatic carbocycles. The fraction of sp³-hybridized carbons (Fsp3) is 0.375. The SMILES string of the molecule is CC(C)(C)c1ccc(OCCNc2ccc3nnnn3n2)cc1. The van der Waals surface area contributed by atoms with Crippen molar-refractivity contribution in [1.29, 1.82) is 0 Å². The van der Waals surface area contributed by atoms with E-state index in [1.807, 2.05) is 18.2 Å². The molecule has 0 unspecified atom stereocenters. The fourth-order valence-electron chi connectivity index (χ4n) is 2.14. The average molecular weight is 312 g/mol. The molecular formula is C16H20N6O. The minimum Gasteiger partial charge on any atom is -0.492 e. The lowest BCUT2D eigenvalue weighted by atomic mass is 9.87.